The molecule has 0 aliphatic carbocycles. The molecule has 0 aromatic carbocycles. The molecule has 0 saturated heterocycles. The van der Waals surface area contributed by atoms with Gasteiger partial charge in [-0.15, -0.1) is 0 Å². The molecule has 0 aliphatic heterocycles. The Labute approximate surface area is 66.1 Å². The average molecular weight is 162 g/mol. The lowest BCUT2D eigenvalue weighted by molar-refractivity contribution is 0.0261. The maximum atomic E-state index is 10.4. The predicted molar refractivity (Wildman–Crippen MR) is 39.3 cm³/mol. The van der Waals surface area contributed by atoms with E-state index in [1.165, 1.54) is 7.11 Å². The molecule has 0 aromatic rings. The summed E-state index contributed by atoms with van der Waals surface area (Å²) in [6.07, 6.45) is -0.309. The fraction of sp³-hybridized carbons (Fsp3) is 0.857. The molecule has 0 atom stereocenters. The zero-order valence-corrected chi connectivity index (χ0v) is 7.09. The van der Waals surface area contributed by atoms with Crippen molar-refractivity contribution < 1.29 is 19.4 Å². The van der Waals surface area contributed by atoms with Crippen molar-refractivity contribution in [1.82, 2.24) is 0 Å². The number of methoxy groups -OCH3 is 1. The number of hydrogen-bond donors (Lipinski definition) is 1. The van der Waals surface area contributed by atoms with Gasteiger partial charge in [0, 0.05) is 6.42 Å². The molecule has 0 bridgehead atoms. The van der Waals surface area contributed by atoms with E-state index in [0.29, 0.717) is 6.42 Å². The Morgan fingerprint density at radius 1 is 1.55 bits per heavy atom. The molecule has 4 heteroatoms. The van der Waals surface area contributed by atoms with Gasteiger partial charge in [0.15, 0.2) is 0 Å². The van der Waals surface area contributed by atoms with Crippen molar-refractivity contribution in [2.24, 2.45) is 0 Å². The lowest BCUT2D eigenvalue weighted by atomic mass is 10.1. The zero-order chi connectivity index (χ0) is 8.91. The van der Waals surface area contributed by atoms with Gasteiger partial charge in [-0.1, -0.05) is 0 Å². The van der Waals surface area contributed by atoms with Crippen LogP contribution in [0.3, 0.4) is 0 Å². The van der Waals surface area contributed by atoms with Crippen molar-refractivity contribution in [3.63, 3.8) is 0 Å². The third-order valence-electron chi connectivity index (χ3n) is 1.10. The van der Waals surface area contributed by atoms with Crippen molar-refractivity contribution in [2.45, 2.75) is 25.9 Å². The standard InChI is InChI=1S/C7H14O4/c1-7(2,9)4-5-11-6(8)10-3/h9H,4-5H2,1-3H3. The molecule has 0 spiro atoms. The minimum absolute atomic E-state index is 0.177. The van der Waals surface area contributed by atoms with Crippen LogP contribution in [0.5, 0.6) is 0 Å². The fourth-order valence-corrected chi connectivity index (χ4v) is 0.443. The molecule has 0 fully saturated rings. The van der Waals surface area contributed by atoms with Gasteiger partial charge in [0.1, 0.15) is 0 Å². The molecule has 0 aliphatic rings. The maximum absolute atomic E-state index is 10.4. The summed E-state index contributed by atoms with van der Waals surface area (Å²) in [6, 6.07) is 0. The molecule has 0 unspecified atom stereocenters. The lowest BCUT2D eigenvalue weighted by Gasteiger charge is -2.15. The third kappa shape index (κ3) is 7.12. The van der Waals surface area contributed by atoms with E-state index in [-0.39, 0.29) is 6.61 Å². The molecule has 0 radical (unpaired) electrons. The lowest BCUT2D eigenvalue weighted by Crippen LogP contribution is -2.22. The Morgan fingerprint density at radius 2 is 2.09 bits per heavy atom. The maximum Gasteiger partial charge on any atom is 0.507 e. The first-order chi connectivity index (χ1) is 4.95. The highest BCUT2D eigenvalue weighted by Crippen LogP contribution is 2.06. The summed E-state index contributed by atoms with van der Waals surface area (Å²) in [5.41, 5.74) is -0.798. The van der Waals surface area contributed by atoms with Crippen LogP contribution in [-0.4, -0.2) is 30.6 Å². The van der Waals surface area contributed by atoms with Crippen LogP contribution in [0.25, 0.3) is 0 Å². The number of ether oxygens (including phenoxy) is 2. The van der Waals surface area contributed by atoms with Crippen LogP contribution in [0.15, 0.2) is 0 Å². The summed E-state index contributed by atoms with van der Waals surface area (Å²) in [5, 5.41) is 9.17. The van der Waals surface area contributed by atoms with Gasteiger partial charge in [-0.2, -0.15) is 0 Å². The Morgan fingerprint density at radius 3 is 2.45 bits per heavy atom. The molecule has 0 amide bonds. The first kappa shape index (κ1) is 10.2. The van der Waals surface area contributed by atoms with E-state index in [1.54, 1.807) is 13.8 Å². The van der Waals surface area contributed by atoms with E-state index < -0.39 is 11.8 Å². The summed E-state index contributed by atoms with van der Waals surface area (Å²) in [7, 11) is 1.24. The van der Waals surface area contributed by atoms with Crippen molar-refractivity contribution in [2.75, 3.05) is 13.7 Å². The fourth-order valence-electron chi connectivity index (χ4n) is 0.443. The largest absolute Gasteiger partial charge is 0.507 e. The summed E-state index contributed by atoms with van der Waals surface area (Å²) in [4.78, 5) is 10.4. The van der Waals surface area contributed by atoms with Crippen LogP contribution >= 0.6 is 0 Å². The number of carbonyl (C=O) groups excluding carboxylic acids is 1. The van der Waals surface area contributed by atoms with Crippen LogP contribution in [0.4, 0.5) is 4.79 Å². The van der Waals surface area contributed by atoms with E-state index in [0.717, 1.165) is 0 Å². The summed E-state index contributed by atoms with van der Waals surface area (Å²) in [6.45, 7) is 3.47. The van der Waals surface area contributed by atoms with E-state index in [1.807, 2.05) is 0 Å². The van der Waals surface area contributed by atoms with Crippen LogP contribution in [-0.2, 0) is 9.47 Å². The first-order valence-corrected chi connectivity index (χ1v) is 3.39. The molecule has 0 saturated carbocycles. The Balaban J connectivity index is 3.35. The normalized spacial score (nSPS) is 10.9. The highest BCUT2D eigenvalue weighted by molar-refractivity contribution is 5.59. The quantitative estimate of drug-likeness (QED) is 0.627. The van der Waals surface area contributed by atoms with Crippen LogP contribution in [0.1, 0.15) is 20.3 Å². The number of rotatable bonds is 3. The second-order valence-corrected chi connectivity index (χ2v) is 2.87. The van der Waals surface area contributed by atoms with Gasteiger partial charge in [0.25, 0.3) is 0 Å². The number of hydrogen-bond acceptors (Lipinski definition) is 4. The minimum atomic E-state index is -0.798. The van der Waals surface area contributed by atoms with Gasteiger partial charge in [-0.25, -0.2) is 4.79 Å². The molecule has 11 heavy (non-hydrogen) atoms. The smallest absolute Gasteiger partial charge is 0.438 e. The molecule has 1 N–H and O–H groups in total. The van der Waals surface area contributed by atoms with Gasteiger partial charge in [0.05, 0.1) is 19.3 Å². The highest BCUT2D eigenvalue weighted by Gasteiger charge is 2.13. The van der Waals surface area contributed by atoms with Gasteiger partial charge in [-0.3, -0.25) is 0 Å². The second-order valence-electron chi connectivity index (χ2n) is 2.87. The Bertz CT molecular complexity index is 125. The first-order valence-electron chi connectivity index (χ1n) is 3.39. The topological polar surface area (TPSA) is 55.8 Å². The molecule has 4 nitrogen and oxygen atoms in total. The van der Waals surface area contributed by atoms with Crippen molar-refractivity contribution in [1.29, 1.82) is 0 Å². The van der Waals surface area contributed by atoms with Crippen molar-refractivity contribution >= 4 is 6.16 Å². The monoisotopic (exact) mass is 162 g/mol. The summed E-state index contributed by atoms with van der Waals surface area (Å²) >= 11 is 0. The summed E-state index contributed by atoms with van der Waals surface area (Å²) in [5.74, 6) is 0. The van der Waals surface area contributed by atoms with E-state index in [2.05, 4.69) is 9.47 Å². The molecular formula is C7H14O4. The van der Waals surface area contributed by atoms with Gasteiger partial charge in [0.2, 0.25) is 0 Å². The minimum Gasteiger partial charge on any atom is -0.438 e. The van der Waals surface area contributed by atoms with E-state index in [9.17, 15) is 9.90 Å². The zero-order valence-electron chi connectivity index (χ0n) is 7.09. The SMILES string of the molecule is COC(=O)OCCC(C)(C)O. The van der Waals surface area contributed by atoms with Crippen LogP contribution in [0, 0.1) is 0 Å². The molecule has 66 valence electrons. The van der Waals surface area contributed by atoms with E-state index in [4.69, 9.17) is 0 Å². The average Bonchev–Trinajstić information content (AvgIpc) is 1.85. The van der Waals surface area contributed by atoms with Crippen LogP contribution < -0.4 is 0 Å². The van der Waals surface area contributed by atoms with Crippen LogP contribution in [0.2, 0.25) is 0 Å². The molecule has 0 rings (SSSR count). The number of aliphatic hydroxyl groups is 1. The van der Waals surface area contributed by atoms with Gasteiger partial charge >= 0.3 is 6.16 Å². The third-order valence-corrected chi connectivity index (χ3v) is 1.10. The van der Waals surface area contributed by atoms with Gasteiger partial charge < -0.3 is 14.6 Å². The highest BCUT2D eigenvalue weighted by atomic mass is 16.7. The predicted octanol–water partition coefficient (Wildman–Crippen LogP) is 0.930. The summed E-state index contributed by atoms with van der Waals surface area (Å²) < 4.78 is 8.77. The second kappa shape index (κ2) is 4.18. The Kier molecular flexibility index (Phi) is 3.89. The van der Waals surface area contributed by atoms with Gasteiger partial charge in [-0.05, 0) is 13.8 Å². The molecule has 0 heterocycles. The molecular weight excluding hydrogens is 148 g/mol. The Hall–Kier alpha value is -0.770. The van der Waals surface area contributed by atoms with Crippen molar-refractivity contribution in [3.05, 3.63) is 0 Å². The number of carbonyl (C=O) groups is 1. The molecule has 0 aromatic heterocycles. The van der Waals surface area contributed by atoms with Crippen molar-refractivity contribution in [3.8, 4) is 0 Å². The van der Waals surface area contributed by atoms with E-state index >= 15 is 0 Å².